The molecule has 2 saturated heterocycles. The molecule has 7 N–H and O–H groups in total. The highest BCUT2D eigenvalue weighted by Gasteiger charge is 2.37. The summed E-state index contributed by atoms with van der Waals surface area (Å²) in [7, 11) is 0. The first kappa shape index (κ1) is 67.6. The van der Waals surface area contributed by atoms with Gasteiger partial charge in [0, 0.05) is 145 Å². The fourth-order valence-electron chi connectivity index (χ4n) is 12.4. The average Bonchev–Trinajstić information content (AvgIpc) is 1.75. The number of carbonyl (C=O) groups excluding carboxylic acids is 12. The minimum absolute atomic E-state index is 0.0478. The van der Waals surface area contributed by atoms with Crippen LogP contribution in [-0.2, 0) is 49.6 Å². The zero-order valence-corrected chi connectivity index (χ0v) is 53.1. The third kappa shape index (κ3) is 16.0. The van der Waals surface area contributed by atoms with E-state index in [-0.39, 0.29) is 94.5 Å². The van der Waals surface area contributed by atoms with Crippen LogP contribution in [0.15, 0.2) is 97.1 Å². The molecule has 13 amide bonds. The number of anilines is 3. The summed E-state index contributed by atoms with van der Waals surface area (Å²) in [4.78, 5) is 169. The van der Waals surface area contributed by atoms with Gasteiger partial charge in [-0.25, -0.2) is 9.59 Å². The minimum atomic E-state index is -1.14. The molecule has 10 rings (SSSR count). The Kier molecular flexibility index (Phi) is 22.1. The standard InChI is InChI=1S/C68H78N12O15/c1-42(2)60(74-54(81)15-4-3-5-29-78-56(83)24-25-57(78)84)62(86)73-51(14-8-26-71-67(69)91)61(85)72-44-18-16-43(17-19-44)41-95-68(92)77(28-9-30-79-63(87)47-12-6-10-45-52(75-32-36-93-37-33-75)22-20-49(58(45)47)64(79)88)31-27-70-55(82)40-80-65(89)48-13-7-11-46-53(76-34-38-94-39-35-76)23-21-50(59(46)48)66(80)90/h6-7,10-13,16-25,42,51,60H,3-5,8-9,14-15,26-41H2,1-2H3,(H,70,82)(H,72,85)(H,73,86)(H,74,81)(H3,69,71,91)/t51-,60?/m0/s1. The van der Waals surface area contributed by atoms with Crippen molar-refractivity contribution in [3.05, 3.63) is 125 Å². The Morgan fingerprint density at radius 3 is 1.69 bits per heavy atom. The number of carbonyl (C=O) groups is 12. The number of nitrogens with zero attached hydrogens (tertiary/aromatic N) is 6. The van der Waals surface area contributed by atoms with Gasteiger partial charge in [0.2, 0.25) is 23.6 Å². The Bertz CT molecular complexity index is 3780. The van der Waals surface area contributed by atoms with Crippen molar-refractivity contribution in [2.75, 3.05) is 114 Å². The van der Waals surface area contributed by atoms with Gasteiger partial charge in [-0.15, -0.1) is 0 Å². The van der Waals surface area contributed by atoms with E-state index in [1.807, 2.05) is 24.3 Å². The largest absolute Gasteiger partial charge is 0.445 e. The molecule has 0 aromatic heterocycles. The van der Waals surface area contributed by atoms with Gasteiger partial charge in [0.25, 0.3) is 35.4 Å². The monoisotopic (exact) mass is 1300 g/mol. The fraction of sp³-hybridized carbons (Fsp3) is 0.412. The molecule has 5 heterocycles. The summed E-state index contributed by atoms with van der Waals surface area (Å²) in [5.41, 5.74) is 9.14. The number of primary amides is 1. The molecule has 0 saturated carbocycles. The van der Waals surface area contributed by atoms with Crippen LogP contribution in [-0.4, -0.2) is 201 Å². The lowest BCUT2D eigenvalue weighted by Crippen LogP contribution is -2.54. The molecule has 27 nitrogen and oxygen atoms in total. The van der Waals surface area contributed by atoms with Gasteiger partial charge in [0.05, 0.1) is 26.4 Å². The van der Waals surface area contributed by atoms with Crippen LogP contribution < -0.4 is 42.1 Å². The number of hydrogen-bond donors (Lipinski definition) is 6. The molecule has 0 radical (unpaired) electrons. The number of unbranched alkanes of at least 4 members (excludes halogenated alkanes) is 2. The molecule has 95 heavy (non-hydrogen) atoms. The van der Waals surface area contributed by atoms with Crippen molar-refractivity contribution in [2.24, 2.45) is 11.7 Å². The van der Waals surface area contributed by atoms with Gasteiger partial charge >= 0.3 is 12.1 Å². The van der Waals surface area contributed by atoms with Crippen LogP contribution in [0.1, 0.15) is 106 Å². The maximum absolute atomic E-state index is 14.2. The highest BCUT2D eigenvalue weighted by Crippen LogP contribution is 2.38. The first-order valence-corrected chi connectivity index (χ1v) is 32.1. The third-order valence-electron chi connectivity index (χ3n) is 17.4. The third-order valence-corrected chi connectivity index (χ3v) is 17.4. The lowest BCUT2D eigenvalue weighted by Gasteiger charge is -2.32. The van der Waals surface area contributed by atoms with Gasteiger partial charge in [-0.3, -0.25) is 62.6 Å². The number of rotatable bonds is 29. The molecular weight excluding hydrogens is 1220 g/mol. The van der Waals surface area contributed by atoms with Crippen LogP contribution in [0.3, 0.4) is 0 Å². The van der Waals surface area contributed by atoms with Crippen LogP contribution in [0, 0.1) is 5.92 Å². The molecular formula is C68H78N12O15. The number of hydrogen-bond acceptors (Lipinski definition) is 17. The van der Waals surface area contributed by atoms with Crippen LogP contribution in [0.2, 0.25) is 0 Å². The second-order valence-corrected chi connectivity index (χ2v) is 24.1. The molecule has 5 aliphatic heterocycles. The summed E-state index contributed by atoms with van der Waals surface area (Å²) in [6, 6.07) is 21.1. The predicted molar refractivity (Wildman–Crippen MR) is 349 cm³/mol. The molecule has 5 aromatic rings. The first-order valence-electron chi connectivity index (χ1n) is 32.1. The summed E-state index contributed by atoms with van der Waals surface area (Å²) in [5, 5.41) is 16.1. The van der Waals surface area contributed by atoms with Gasteiger partial charge in [-0.1, -0.05) is 56.7 Å². The maximum Gasteiger partial charge on any atom is 0.410 e. The molecule has 1 unspecified atom stereocenters. The van der Waals surface area contributed by atoms with E-state index >= 15 is 0 Å². The molecule has 500 valence electrons. The summed E-state index contributed by atoms with van der Waals surface area (Å²) < 4.78 is 16.9. The Labute approximate surface area is 547 Å². The molecule has 0 aliphatic carbocycles. The number of morpholine rings is 2. The highest BCUT2D eigenvalue weighted by atomic mass is 16.6. The van der Waals surface area contributed by atoms with Crippen molar-refractivity contribution in [3.8, 4) is 0 Å². The van der Waals surface area contributed by atoms with Crippen molar-refractivity contribution >= 4 is 110 Å². The lowest BCUT2D eigenvalue weighted by molar-refractivity contribution is -0.137. The molecule has 5 aromatic carbocycles. The van der Waals surface area contributed by atoms with Gasteiger partial charge in [0.15, 0.2) is 0 Å². The molecule has 2 fully saturated rings. The number of amides is 13. The quantitative estimate of drug-likeness (QED) is 0.0289. The molecule has 0 bridgehead atoms. The topological polar surface area (TPSA) is 338 Å². The highest BCUT2D eigenvalue weighted by molar-refractivity contribution is 6.28. The summed E-state index contributed by atoms with van der Waals surface area (Å²) in [6.45, 7) is 7.28. The van der Waals surface area contributed by atoms with Crippen LogP contribution in [0.4, 0.5) is 26.7 Å². The fourth-order valence-corrected chi connectivity index (χ4v) is 12.4. The van der Waals surface area contributed by atoms with Crippen molar-refractivity contribution in [1.29, 1.82) is 0 Å². The van der Waals surface area contributed by atoms with Crippen LogP contribution in [0.5, 0.6) is 0 Å². The zero-order valence-electron chi connectivity index (χ0n) is 53.1. The second kappa shape index (κ2) is 31.1. The molecule has 2 atom stereocenters. The number of urea groups is 1. The van der Waals surface area contributed by atoms with Gasteiger partial charge in [0.1, 0.15) is 25.2 Å². The van der Waals surface area contributed by atoms with E-state index in [1.54, 1.807) is 74.5 Å². The zero-order chi connectivity index (χ0) is 67.3. The number of ether oxygens (including phenoxy) is 3. The van der Waals surface area contributed by atoms with Crippen molar-refractivity contribution in [2.45, 2.75) is 77.5 Å². The van der Waals surface area contributed by atoms with Crippen LogP contribution >= 0.6 is 0 Å². The minimum Gasteiger partial charge on any atom is -0.445 e. The molecule has 5 aliphatic rings. The normalized spacial score (nSPS) is 16.0. The van der Waals surface area contributed by atoms with Gasteiger partial charge < -0.3 is 61.2 Å². The Hall–Kier alpha value is -10.3. The summed E-state index contributed by atoms with van der Waals surface area (Å²) in [6.07, 6.45) is 3.56. The smallest absolute Gasteiger partial charge is 0.410 e. The maximum atomic E-state index is 14.2. The van der Waals surface area contributed by atoms with Crippen molar-refractivity contribution in [1.82, 2.24) is 40.9 Å². The van der Waals surface area contributed by atoms with Gasteiger partial charge in [-0.2, -0.15) is 0 Å². The summed E-state index contributed by atoms with van der Waals surface area (Å²) in [5.74, 6) is -5.69. The van der Waals surface area contributed by atoms with Crippen LogP contribution in [0.25, 0.3) is 21.5 Å². The van der Waals surface area contributed by atoms with E-state index in [0.717, 1.165) is 36.8 Å². The van der Waals surface area contributed by atoms with E-state index in [1.165, 1.54) is 17.1 Å². The number of benzene rings is 5. The first-order chi connectivity index (χ1) is 45.9. The van der Waals surface area contributed by atoms with E-state index in [0.29, 0.717) is 105 Å². The van der Waals surface area contributed by atoms with Crippen molar-refractivity contribution < 1.29 is 71.7 Å². The molecule has 27 heteroatoms. The number of nitrogens with one attached hydrogen (secondary N) is 5. The van der Waals surface area contributed by atoms with E-state index in [9.17, 15) is 57.5 Å². The molecule has 0 spiro atoms. The Balaban J connectivity index is 0.769. The number of imide groups is 3. The van der Waals surface area contributed by atoms with Crippen molar-refractivity contribution in [3.63, 3.8) is 0 Å². The average molecular weight is 1300 g/mol. The number of nitrogens with two attached hydrogens (primary N) is 1. The van der Waals surface area contributed by atoms with E-state index in [4.69, 9.17) is 19.9 Å². The van der Waals surface area contributed by atoms with Gasteiger partial charge in [-0.05, 0) is 92.1 Å². The summed E-state index contributed by atoms with van der Waals surface area (Å²) >= 11 is 0. The van der Waals surface area contributed by atoms with E-state index < -0.39 is 83.9 Å². The predicted octanol–water partition coefficient (Wildman–Crippen LogP) is 4.20. The second-order valence-electron chi connectivity index (χ2n) is 24.1. The lowest BCUT2D eigenvalue weighted by atomic mass is 9.92. The van der Waals surface area contributed by atoms with E-state index in [2.05, 4.69) is 36.4 Å². The Morgan fingerprint density at radius 2 is 1.13 bits per heavy atom. The Morgan fingerprint density at radius 1 is 0.568 bits per heavy atom. The SMILES string of the molecule is CC(C)C(NC(=O)CCCCCN1C(=O)C=CC1=O)C(=O)N[C@@H](CCCNC(N)=O)C(=O)Nc1ccc(COC(=O)N(CCCN2C(=O)c3cccc4c(N5CCOCC5)ccc(c34)C2=O)CCNC(=O)CN2C(=O)c3cccc4c(N5CCOCC5)ccc(c34)C2=O)cc1.